The molecule has 0 amide bonds. The molecule has 1 N–H and O–H groups in total. The third-order valence-corrected chi connectivity index (χ3v) is 1.65. The molecular weight excluding hydrogens is 170 g/mol. The largest absolute Gasteiger partial charge is 0.434 e. The summed E-state index contributed by atoms with van der Waals surface area (Å²) in [7, 11) is 0. The molecule has 2 aromatic rings. The summed E-state index contributed by atoms with van der Waals surface area (Å²) in [6.07, 6.45) is 1.62. The highest BCUT2D eigenvalue weighted by Gasteiger charge is 2.08. The fraction of sp³-hybridized carbons (Fsp3) is 0.125. The van der Waals surface area contributed by atoms with E-state index in [1.54, 1.807) is 6.20 Å². The van der Waals surface area contributed by atoms with E-state index in [4.69, 9.17) is 4.42 Å². The summed E-state index contributed by atoms with van der Waals surface area (Å²) in [6, 6.07) is 3.68. The molecule has 0 aromatic carbocycles. The van der Waals surface area contributed by atoms with E-state index in [0.29, 0.717) is 5.69 Å². The number of pyridine rings is 1. The van der Waals surface area contributed by atoms with Gasteiger partial charge in [0, 0.05) is 6.20 Å². The van der Waals surface area contributed by atoms with E-state index in [1.165, 1.54) is 0 Å². The Morgan fingerprint density at radius 1 is 1.54 bits per heavy atom. The molecule has 0 bridgehead atoms. The monoisotopic (exact) mass is 177 g/mol. The third-order valence-electron chi connectivity index (χ3n) is 1.65. The van der Waals surface area contributed by atoms with Gasteiger partial charge in [0.05, 0.1) is 0 Å². The maximum Gasteiger partial charge on any atom is 0.434 e. The Bertz CT molecular complexity index is 472. The summed E-state index contributed by atoms with van der Waals surface area (Å²) >= 11 is 0. The van der Waals surface area contributed by atoms with Crippen LogP contribution in [0.25, 0.3) is 11.6 Å². The second-order valence-corrected chi connectivity index (χ2v) is 2.59. The molecule has 0 fully saturated rings. The Balaban J connectivity index is 2.58. The van der Waals surface area contributed by atoms with Gasteiger partial charge in [-0.05, 0) is 18.6 Å². The number of hydrogen-bond acceptors (Lipinski definition) is 4. The average Bonchev–Trinajstić information content (AvgIpc) is 2.53. The fourth-order valence-corrected chi connectivity index (χ4v) is 1.04. The van der Waals surface area contributed by atoms with Crippen LogP contribution < -0.4 is 5.76 Å². The van der Waals surface area contributed by atoms with Crippen LogP contribution in [0.1, 0.15) is 5.56 Å². The molecule has 0 aliphatic carbocycles. The first-order valence-electron chi connectivity index (χ1n) is 3.75. The van der Waals surface area contributed by atoms with Crippen LogP contribution in [0.5, 0.6) is 0 Å². The summed E-state index contributed by atoms with van der Waals surface area (Å²) in [5, 5.41) is 5.86. The molecule has 0 unspecified atom stereocenters. The van der Waals surface area contributed by atoms with Gasteiger partial charge in [-0.15, -0.1) is 5.10 Å². The summed E-state index contributed by atoms with van der Waals surface area (Å²) in [5.41, 5.74) is 1.50. The Kier molecular flexibility index (Phi) is 1.70. The average molecular weight is 177 g/mol. The van der Waals surface area contributed by atoms with Crippen LogP contribution in [-0.4, -0.2) is 15.2 Å². The van der Waals surface area contributed by atoms with Crippen molar-refractivity contribution in [3.63, 3.8) is 0 Å². The van der Waals surface area contributed by atoms with E-state index in [0.717, 1.165) is 5.56 Å². The molecule has 0 aliphatic heterocycles. The van der Waals surface area contributed by atoms with Gasteiger partial charge >= 0.3 is 5.76 Å². The van der Waals surface area contributed by atoms with Gasteiger partial charge in [-0.2, -0.15) is 0 Å². The zero-order chi connectivity index (χ0) is 9.26. The van der Waals surface area contributed by atoms with Crippen LogP contribution in [0.2, 0.25) is 0 Å². The summed E-state index contributed by atoms with van der Waals surface area (Å²) in [4.78, 5) is 14.7. The molecule has 0 atom stereocenters. The van der Waals surface area contributed by atoms with E-state index >= 15 is 0 Å². The summed E-state index contributed by atoms with van der Waals surface area (Å²) in [6.45, 7) is 1.87. The van der Waals surface area contributed by atoms with Gasteiger partial charge < -0.3 is 4.42 Å². The van der Waals surface area contributed by atoms with E-state index < -0.39 is 5.76 Å². The molecule has 0 aliphatic rings. The smallest absolute Gasteiger partial charge is 0.386 e. The van der Waals surface area contributed by atoms with Crippen LogP contribution in [0.15, 0.2) is 27.5 Å². The number of rotatable bonds is 1. The maximum absolute atomic E-state index is 10.7. The normalized spacial score (nSPS) is 10.2. The summed E-state index contributed by atoms with van der Waals surface area (Å²) in [5.74, 6) is -0.344. The lowest BCUT2D eigenvalue weighted by molar-refractivity contribution is 0.525. The highest BCUT2D eigenvalue weighted by atomic mass is 16.4. The zero-order valence-electron chi connectivity index (χ0n) is 6.94. The van der Waals surface area contributed by atoms with Crippen LogP contribution in [-0.2, 0) is 0 Å². The molecule has 0 saturated heterocycles. The van der Waals surface area contributed by atoms with Crippen molar-refractivity contribution in [2.24, 2.45) is 0 Å². The first-order chi connectivity index (χ1) is 6.27. The van der Waals surface area contributed by atoms with Gasteiger partial charge in [0.25, 0.3) is 5.89 Å². The minimum absolute atomic E-state index is 0.225. The van der Waals surface area contributed by atoms with Crippen LogP contribution in [0.3, 0.4) is 0 Å². The molecule has 5 heteroatoms. The Morgan fingerprint density at radius 3 is 3.00 bits per heavy atom. The molecule has 2 rings (SSSR count). The Labute approximate surface area is 73.4 Å². The minimum Gasteiger partial charge on any atom is -0.386 e. The van der Waals surface area contributed by atoms with Gasteiger partial charge in [0.2, 0.25) is 0 Å². The summed E-state index contributed by atoms with van der Waals surface area (Å²) < 4.78 is 4.77. The lowest BCUT2D eigenvalue weighted by Gasteiger charge is -1.96. The second-order valence-electron chi connectivity index (χ2n) is 2.59. The number of nitrogens with one attached hydrogen (secondary N) is 1. The van der Waals surface area contributed by atoms with Crippen LogP contribution in [0, 0.1) is 6.92 Å². The molecule has 2 heterocycles. The predicted molar refractivity (Wildman–Crippen MR) is 45.1 cm³/mol. The van der Waals surface area contributed by atoms with Gasteiger partial charge in [0.1, 0.15) is 5.69 Å². The lowest BCUT2D eigenvalue weighted by Crippen LogP contribution is -1.93. The van der Waals surface area contributed by atoms with E-state index in [-0.39, 0.29) is 5.89 Å². The third kappa shape index (κ3) is 1.35. The molecule has 5 nitrogen and oxygen atoms in total. The molecule has 13 heavy (non-hydrogen) atoms. The first-order valence-corrected chi connectivity index (χ1v) is 3.75. The van der Waals surface area contributed by atoms with Crippen LogP contribution in [0.4, 0.5) is 0 Å². The number of nitrogens with zero attached hydrogens (tertiary/aromatic N) is 2. The Hall–Kier alpha value is -1.91. The van der Waals surface area contributed by atoms with Gasteiger partial charge in [-0.3, -0.25) is 4.98 Å². The Morgan fingerprint density at radius 2 is 2.38 bits per heavy atom. The quantitative estimate of drug-likeness (QED) is 0.697. The highest BCUT2D eigenvalue weighted by molar-refractivity contribution is 5.50. The molecule has 0 spiro atoms. The van der Waals surface area contributed by atoms with Crippen molar-refractivity contribution >= 4 is 0 Å². The molecule has 66 valence electrons. The topological polar surface area (TPSA) is 71.8 Å². The standard InChI is InChI=1S/C8H7N3O2/c1-5-3-2-4-9-6(5)7-10-11-8(12)13-7/h2-4H,1H3,(H,11,12). The van der Waals surface area contributed by atoms with Gasteiger partial charge in [-0.1, -0.05) is 6.07 Å². The number of hydrogen-bond donors (Lipinski definition) is 1. The van der Waals surface area contributed by atoms with Crippen molar-refractivity contribution in [2.75, 3.05) is 0 Å². The number of H-pyrrole nitrogens is 1. The van der Waals surface area contributed by atoms with E-state index in [9.17, 15) is 4.79 Å². The SMILES string of the molecule is Cc1cccnc1-c1n[nH]c(=O)o1. The van der Waals surface area contributed by atoms with Crippen molar-refractivity contribution in [1.82, 2.24) is 15.2 Å². The molecular formula is C8H7N3O2. The van der Waals surface area contributed by atoms with Crippen LogP contribution >= 0.6 is 0 Å². The zero-order valence-corrected chi connectivity index (χ0v) is 6.94. The van der Waals surface area contributed by atoms with Crippen molar-refractivity contribution in [3.05, 3.63) is 34.4 Å². The second kappa shape index (κ2) is 2.85. The van der Waals surface area contributed by atoms with E-state index in [2.05, 4.69) is 15.2 Å². The first kappa shape index (κ1) is 7.72. The number of aryl methyl sites for hydroxylation is 1. The predicted octanol–water partition coefficient (Wildman–Crippen LogP) is 0.733. The maximum atomic E-state index is 10.7. The van der Waals surface area contributed by atoms with Crippen molar-refractivity contribution in [1.29, 1.82) is 0 Å². The fourth-order valence-electron chi connectivity index (χ4n) is 1.04. The highest BCUT2D eigenvalue weighted by Crippen LogP contribution is 2.15. The van der Waals surface area contributed by atoms with E-state index in [1.807, 2.05) is 19.1 Å². The lowest BCUT2D eigenvalue weighted by atomic mass is 10.2. The molecule has 0 saturated carbocycles. The number of aromatic nitrogens is 3. The molecule has 2 aromatic heterocycles. The van der Waals surface area contributed by atoms with Crippen molar-refractivity contribution < 1.29 is 4.42 Å². The van der Waals surface area contributed by atoms with Crippen molar-refractivity contribution in [2.45, 2.75) is 6.92 Å². The van der Waals surface area contributed by atoms with Gasteiger partial charge in [-0.25, -0.2) is 9.89 Å². The van der Waals surface area contributed by atoms with Crippen molar-refractivity contribution in [3.8, 4) is 11.6 Å². The molecule has 0 radical (unpaired) electrons. The minimum atomic E-state index is -0.569. The number of aromatic amines is 1. The van der Waals surface area contributed by atoms with Gasteiger partial charge in [0.15, 0.2) is 0 Å².